The van der Waals surface area contributed by atoms with Crippen LogP contribution >= 0.6 is 10.7 Å². The molecule has 226 valence electrons. The Morgan fingerprint density at radius 2 is 1.32 bits per heavy atom. The van der Waals surface area contributed by atoms with Crippen LogP contribution in [0.1, 0.15) is 54.3 Å². The van der Waals surface area contributed by atoms with Crippen molar-refractivity contribution < 1.29 is 45.4 Å². The van der Waals surface area contributed by atoms with Gasteiger partial charge in [0.05, 0.1) is 35.1 Å². The maximum Gasteiger partial charge on any atom is 0.407 e. The molecule has 1 aliphatic rings. The minimum Gasteiger partial charge on any atom is -0.465 e. The van der Waals surface area contributed by atoms with Crippen LogP contribution in [0.15, 0.2) is 58.3 Å². The molecule has 0 radical (unpaired) electrons. The zero-order chi connectivity index (χ0) is 31.0. The third kappa shape index (κ3) is 10.3. The molecule has 15 heteroatoms. The SMILES string of the molecule is COC(=O)c1cccc(S(=O)(=O)Cl)c1.COC(=O)c1cccc(S(=O)(=O)N2CCC(NC(=O)OC(C)(C)C)CC2)c1. The first kappa shape index (κ1) is 34.0. The van der Waals surface area contributed by atoms with Crippen molar-refractivity contribution in [1.82, 2.24) is 9.62 Å². The molecule has 2 aromatic carbocycles. The van der Waals surface area contributed by atoms with Crippen LogP contribution in [0.5, 0.6) is 0 Å². The summed E-state index contributed by atoms with van der Waals surface area (Å²) < 4.78 is 63.1. The standard InChI is InChI=1S/C18H26N2O6S.C8H7ClO4S/c1-18(2,3)26-17(22)19-14-8-10-20(11-9-14)27(23,24)15-7-5-6-13(12-15)16(21)25-4;1-13-8(10)6-3-2-4-7(5-6)14(9,11)12/h5-7,12,14H,8-11H2,1-4H3,(H,19,22);2-5H,1H3. The Morgan fingerprint density at radius 1 is 0.854 bits per heavy atom. The summed E-state index contributed by atoms with van der Waals surface area (Å²) in [6.45, 7) is 5.88. The molecule has 1 amide bonds. The highest BCUT2D eigenvalue weighted by Crippen LogP contribution is 2.22. The molecule has 0 aliphatic carbocycles. The van der Waals surface area contributed by atoms with E-state index in [0.29, 0.717) is 12.8 Å². The Bertz CT molecular complexity index is 1460. The van der Waals surface area contributed by atoms with Gasteiger partial charge >= 0.3 is 18.0 Å². The number of carbonyl (C=O) groups excluding carboxylic acids is 3. The first-order valence-corrected chi connectivity index (χ1v) is 16.0. The van der Waals surface area contributed by atoms with Crippen molar-refractivity contribution >= 4 is 47.8 Å². The number of rotatable bonds is 6. The van der Waals surface area contributed by atoms with Gasteiger partial charge in [0, 0.05) is 29.8 Å². The van der Waals surface area contributed by atoms with Crippen LogP contribution in [-0.4, -0.2) is 78.1 Å². The Balaban J connectivity index is 0.000000353. The van der Waals surface area contributed by atoms with Crippen LogP contribution in [0.3, 0.4) is 0 Å². The fourth-order valence-corrected chi connectivity index (χ4v) is 5.97. The number of alkyl carbamates (subject to hydrolysis) is 1. The second-order valence-corrected chi connectivity index (χ2v) is 14.3. The first-order valence-electron chi connectivity index (χ1n) is 12.3. The second-order valence-electron chi connectivity index (χ2n) is 9.80. The van der Waals surface area contributed by atoms with E-state index >= 15 is 0 Å². The molecule has 0 atom stereocenters. The third-order valence-corrected chi connectivity index (χ3v) is 8.85. The molecule has 0 bridgehead atoms. The average Bonchev–Trinajstić information content (AvgIpc) is 2.91. The molecule has 1 N–H and O–H groups in total. The van der Waals surface area contributed by atoms with E-state index in [9.17, 15) is 31.2 Å². The van der Waals surface area contributed by atoms with Crippen LogP contribution in [0.4, 0.5) is 4.79 Å². The molecule has 0 saturated carbocycles. The van der Waals surface area contributed by atoms with Gasteiger partial charge in [0.2, 0.25) is 10.0 Å². The first-order chi connectivity index (χ1) is 19.0. The number of ether oxygens (including phenoxy) is 3. The second kappa shape index (κ2) is 14.1. The predicted octanol–water partition coefficient (Wildman–Crippen LogP) is 3.55. The number of hydrogen-bond donors (Lipinski definition) is 1. The summed E-state index contributed by atoms with van der Waals surface area (Å²) in [5.41, 5.74) is -0.257. The third-order valence-electron chi connectivity index (χ3n) is 5.60. The molecule has 12 nitrogen and oxygen atoms in total. The average molecular weight is 633 g/mol. The van der Waals surface area contributed by atoms with Crippen LogP contribution in [0.2, 0.25) is 0 Å². The quantitative estimate of drug-likeness (QED) is 0.283. The number of hydrogen-bond acceptors (Lipinski definition) is 10. The number of benzene rings is 2. The van der Waals surface area contributed by atoms with Crippen LogP contribution < -0.4 is 5.32 Å². The lowest BCUT2D eigenvalue weighted by Crippen LogP contribution is -2.47. The molecule has 3 rings (SSSR count). The van der Waals surface area contributed by atoms with Gasteiger partial charge in [-0.2, -0.15) is 4.31 Å². The van der Waals surface area contributed by atoms with E-state index in [1.165, 1.54) is 61.0 Å². The van der Waals surface area contributed by atoms with Gasteiger partial charge in [-0.25, -0.2) is 31.2 Å². The van der Waals surface area contributed by atoms with Crippen molar-refractivity contribution in [2.24, 2.45) is 0 Å². The highest BCUT2D eigenvalue weighted by Gasteiger charge is 2.31. The molecule has 1 fully saturated rings. The number of amides is 1. The molecule has 41 heavy (non-hydrogen) atoms. The Labute approximate surface area is 244 Å². The van der Waals surface area contributed by atoms with Crippen LogP contribution in [0, 0.1) is 0 Å². The predicted molar refractivity (Wildman–Crippen MR) is 150 cm³/mol. The topological polar surface area (TPSA) is 162 Å². The summed E-state index contributed by atoms with van der Waals surface area (Å²) >= 11 is 0. The van der Waals surface area contributed by atoms with Gasteiger partial charge in [-0.15, -0.1) is 0 Å². The number of nitrogens with zero attached hydrogens (tertiary/aromatic N) is 1. The van der Waals surface area contributed by atoms with E-state index < -0.39 is 42.7 Å². The highest BCUT2D eigenvalue weighted by molar-refractivity contribution is 8.13. The van der Waals surface area contributed by atoms with Gasteiger partial charge in [0.15, 0.2) is 0 Å². The molecule has 0 spiro atoms. The lowest BCUT2D eigenvalue weighted by atomic mass is 10.1. The Kier molecular flexibility index (Phi) is 11.7. The summed E-state index contributed by atoms with van der Waals surface area (Å²) in [6.07, 6.45) is 0.458. The van der Waals surface area contributed by atoms with Crippen LogP contribution in [-0.2, 0) is 33.3 Å². The number of methoxy groups -OCH3 is 2. The van der Waals surface area contributed by atoms with Crippen molar-refractivity contribution in [1.29, 1.82) is 0 Å². The summed E-state index contributed by atoms with van der Waals surface area (Å²) in [7, 11) is 0.0250. The van der Waals surface area contributed by atoms with E-state index in [1.54, 1.807) is 20.8 Å². The summed E-state index contributed by atoms with van der Waals surface area (Å²) in [5.74, 6) is -1.19. The fraction of sp³-hybridized carbons (Fsp3) is 0.423. The van der Waals surface area contributed by atoms with Gasteiger partial charge in [-0.1, -0.05) is 12.1 Å². The van der Waals surface area contributed by atoms with Crippen molar-refractivity contribution in [2.75, 3.05) is 27.3 Å². The molecular weight excluding hydrogens is 600 g/mol. The summed E-state index contributed by atoms with van der Waals surface area (Å²) in [6, 6.07) is 11.0. The van der Waals surface area contributed by atoms with E-state index in [1.807, 2.05) is 0 Å². The van der Waals surface area contributed by atoms with Crippen molar-refractivity contribution in [3.8, 4) is 0 Å². The molecule has 0 aromatic heterocycles. The maximum atomic E-state index is 12.8. The lowest BCUT2D eigenvalue weighted by Gasteiger charge is -2.32. The van der Waals surface area contributed by atoms with Crippen molar-refractivity contribution in [3.63, 3.8) is 0 Å². The Hall–Kier alpha value is -3.20. The molecule has 0 unspecified atom stereocenters. The normalized spacial score (nSPS) is 14.7. The molecule has 2 aromatic rings. The van der Waals surface area contributed by atoms with E-state index in [2.05, 4.69) is 14.8 Å². The smallest absolute Gasteiger partial charge is 0.407 e. The molecule has 1 saturated heterocycles. The van der Waals surface area contributed by atoms with Gasteiger partial charge in [0.25, 0.3) is 9.05 Å². The number of nitrogens with one attached hydrogen (secondary N) is 1. The van der Waals surface area contributed by atoms with Crippen LogP contribution in [0.25, 0.3) is 0 Å². The highest BCUT2D eigenvalue weighted by atomic mass is 35.7. The van der Waals surface area contributed by atoms with Gasteiger partial charge in [-0.05, 0) is 70.0 Å². The monoisotopic (exact) mass is 632 g/mol. The van der Waals surface area contributed by atoms with Crippen molar-refractivity contribution in [2.45, 2.75) is 55.0 Å². The number of sulfonamides is 1. The Morgan fingerprint density at radius 3 is 1.76 bits per heavy atom. The minimum absolute atomic E-state index is 0.0453. The van der Waals surface area contributed by atoms with Gasteiger partial charge < -0.3 is 19.5 Å². The number of esters is 2. The number of piperidine rings is 1. The lowest BCUT2D eigenvalue weighted by molar-refractivity contribution is 0.0488. The van der Waals surface area contributed by atoms with E-state index in [0.717, 1.165) is 6.07 Å². The molecule has 1 aliphatic heterocycles. The fourth-order valence-electron chi connectivity index (χ4n) is 3.66. The van der Waals surface area contributed by atoms with Gasteiger partial charge in [-0.3, -0.25) is 0 Å². The zero-order valence-electron chi connectivity index (χ0n) is 23.2. The zero-order valence-corrected chi connectivity index (χ0v) is 25.6. The van der Waals surface area contributed by atoms with E-state index in [4.69, 9.17) is 15.4 Å². The molecule has 1 heterocycles. The summed E-state index contributed by atoms with van der Waals surface area (Å²) in [5, 5.41) is 2.77. The number of halogens is 1. The maximum absolute atomic E-state index is 12.8. The number of carbonyl (C=O) groups is 3. The van der Waals surface area contributed by atoms with Gasteiger partial charge in [0.1, 0.15) is 5.60 Å². The largest absolute Gasteiger partial charge is 0.465 e. The van der Waals surface area contributed by atoms with E-state index in [-0.39, 0.29) is 40.0 Å². The minimum atomic E-state index is -3.80. The van der Waals surface area contributed by atoms with Crippen molar-refractivity contribution in [3.05, 3.63) is 59.7 Å². The summed E-state index contributed by atoms with van der Waals surface area (Å²) in [4.78, 5) is 34.4. The molecular formula is C26H33ClN2O10S2.